The number of hydrogen-bond acceptors (Lipinski definition) is 6. The molecule has 7 nitrogen and oxygen atoms in total. The van der Waals surface area contributed by atoms with Crippen LogP contribution in [-0.4, -0.2) is 65.3 Å². The molecule has 6 aliphatic rings. The van der Waals surface area contributed by atoms with E-state index in [9.17, 15) is 15.0 Å². The molecule has 0 radical (unpaired) electrons. The van der Waals surface area contributed by atoms with Gasteiger partial charge >= 0.3 is 5.97 Å². The molecule has 5 aliphatic heterocycles. The smallest absolute Gasteiger partial charge is 0.373 e. The number of anilines is 1. The molecule has 1 aromatic carbocycles. The normalized spacial score (nSPS) is 44.9. The van der Waals surface area contributed by atoms with Crippen molar-refractivity contribution < 1.29 is 28.6 Å². The van der Waals surface area contributed by atoms with E-state index in [1.165, 1.54) is 18.4 Å². The Balaban J connectivity index is 1.41. The van der Waals surface area contributed by atoms with Crippen molar-refractivity contribution in [2.24, 2.45) is 17.8 Å². The summed E-state index contributed by atoms with van der Waals surface area (Å²) in [5.74, 6) is 1.04. The number of carbonyl (C=O) groups excluding carboxylic acids is 1. The molecule has 8 rings (SSSR count). The van der Waals surface area contributed by atoms with Crippen LogP contribution in [-0.2, 0) is 16.7 Å². The summed E-state index contributed by atoms with van der Waals surface area (Å²) in [7, 11) is 3.51. The number of carbonyl (C=O) groups is 1. The van der Waals surface area contributed by atoms with Crippen LogP contribution < -0.4 is 4.90 Å². The summed E-state index contributed by atoms with van der Waals surface area (Å²) in [4.78, 5) is 14.4. The molecule has 34 heavy (non-hydrogen) atoms. The van der Waals surface area contributed by atoms with Crippen molar-refractivity contribution in [1.29, 1.82) is 0 Å². The minimum absolute atomic E-state index is 0.119. The van der Waals surface area contributed by atoms with E-state index in [-0.39, 0.29) is 41.1 Å². The van der Waals surface area contributed by atoms with E-state index in [0.717, 1.165) is 19.3 Å². The molecule has 1 aromatic heterocycles. The molecule has 1 saturated carbocycles. The van der Waals surface area contributed by atoms with Crippen LogP contribution >= 0.6 is 0 Å². The van der Waals surface area contributed by atoms with Crippen LogP contribution in [0.1, 0.15) is 48.1 Å². The highest BCUT2D eigenvalue weighted by Crippen LogP contribution is 2.71. The summed E-state index contributed by atoms with van der Waals surface area (Å²) < 4.78 is 11.3. The number of aliphatic hydroxyl groups is 2. The minimum Gasteiger partial charge on any atom is -0.463 e. The molecule has 0 amide bonds. The molecular weight excluding hydrogens is 432 g/mol. The van der Waals surface area contributed by atoms with Crippen molar-refractivity contribution >= 4 is 11.7 Å². The molecule has 6 heterocycles. The van der Waals surface area contributed by atoms with Gasteiger partial charge in [-0.05, 0) is 36.1 Å². The van der Waals surface area contributed by atoms with Crippen molar-refractivity contribution in [1.82, 2.24) is 0 Å². The monoisotopic (exact) mass is 465 g/mol. The van der Waals surface area contributed by atoms with Crippen molar-refractivity contribution in [3.05, 3.63) is 53.5 Å². The molecule has 2 aromatic rings. The highest BCUT2D eigenvalue weighted by atomic mass is 16.5. The number of rotatable bonds is 4. The van der Waals surface area contributed by atoms with E-state index in [1.807, 2.05) is 6.07 Å². The number of quaternary nitrogens is 1. The van der Waals surface area contributed by atoms with E-state index >= 15 is 0 Å². The quantitative estimate of drug-likeness (QED) is 0.534. The zero-order valence-corrected chi connectivity index (χ0v) is 19.9. The second-order valence-electron chi connectivity index (χ2n) is 11.3. The van der Waals surface area contributed by atoms with Gasteiger partial charge in [-0.3, -0.25) is 4.48 Å². The highest BCUT2D eigenvalue weighted by Gasteiger charge is 2.83. The summed E-state index contributed by atoms with van der Waals surface area (Å²) >= 11 is 0. The van der Waals surface area contributed by atoms with E-state index in [1.54, 1.807) is 6.07 Å². The lowest BCUT2D eigenvalue weighted by atomic mass is 9.60. The Kier molecular flexibility index (Phi) is 4.10. The fraction of sp³-hybridized carbons (Fsp3) is 0.593. The van der Waals surface area contributed by atoms with Gasteiger partial charge < -0.3 is 24.3 Å². The SMILES string of the molecule is CCC1[C@@H]2CC3C4N(C)c5ccccc5C45C[C@@H](C2C5O)[N+]3(Cc2ccc(C(=O)OC)o2)[C@@H]1O. The Labute approximate surface area is 199 Å². The van der Waals surface area contributed by atoms with Gasteiger partial charge in [-0.15, -0.1) is 0 Å². The summed E-state index contributed by atoms with van der Waals surface area (Å²) in [6.07, 6.45) is 1.83. The Hall–Kier alpha value is -2.35. The van der Waals surface area contributed by atoms with Gasteiger partial charge in [0.15, 0.2) is 12.0 Å². The zero-order valence-electron chi connectivity index (χ0n) is 19.9. The molecular formula is C27H33N2O5+. The van der Waals surface area contributed by atoms with Crippen LogP contribution in [0.3, 0.4) is 0 Å². The number of piperidine rings is 4. The van der Waals surface area contributed by atoms with Crippen LogP contribution in [0, 0.1) is 17.8 Å². The van der Waals surface area contributed by atoms with Crippen LogP contribution in [0.2, 0.25) is 0 Å². The first-order valence-electron chi connectivity index (χ1n) is 12.6. The third kappa shape index (κ3) is 2.10. The van der Waals surface area contributed by atoms with Crippen LogP contribution in [0.25, 0.3) is 0 Å². The second-order valence-corrected chi connectivity index (χ2v) is 11.3. The standard InChI is InChI=1S/C27H33N2O5/c1-4-15-16-11-19-23-27(17-7-5-6-8-18(17)28(23)2)12-20(22(16)24(27)30)29(19,25(15)31)13-14-9-10-21(34-14)26(32)33-3/h5-10,15-16,19-20,22-25,30-31H,4,11-13H2,1-3H3/q+1/t15?,16-,19?,20-,22?,23?,24?,25+,27?,29?/m0/s1. The number of likely N-dealkylation sites (N-methyl/N-ethyl adjacent to an activating group) is 1. The van der Waals surface area contributed by atoms with Crippen LogP contribution in [0.4, 0.5) is 5.69 Å². The predicted octanol–water partition coefficient (Wildman–Crippen LogP) is 2.65. The maximum Gasteiger partial charge on any atom is 0.373 e. The van der Waals surface area contributed by atoms with Gasteiger partial charge in [0, 0.05) is 37.4 Å². The average molecular weight is 466 g/mol. The number of furan rings is 1. The summed E-state index contributed by atoms with van der Waals surface area (Å²) in [5.41, 5.74) is 2.20. The van der Waals surface area contributed by atoms with Crippen LogP contribution in [0.5, 0.6) is 0 Å². The number of nitrogens with zero attached hydrogens (tertiary/aromatic N) is 2. The molecule has 1 aliphatic carbocycles. The van der Waals surface area contributed by atoms with Gasteiger partial charge in [-0.2, -0.15) is 0 Å². The van der Waals surface area contributed by atoms with Crippen molar-refractivity contribution in [3.63, 3.8) is 0 Å². The van der Waals surface area contributed by atoms with Gasteiger partial charge in [0.05, 0.1) is 30.7 Å². The van der Waals surface area contributed by atoms with Gasteiger partial charge in [-0.25, -0.2) is 4.79 Å². The van der Waals surface area contributed by atoms with Crippen molar-refractivity contribution in [3.8, 4) is 0 Å². The van der Waals surface area contributed by atoms with Gasteiger partial charge in [-0.1, -0.05) is 25.1 Å². The molecule has 180 valence electrons. The minimum atomic E-state index is -0.512. The van der Waals surface area contributed by atoms with Crippen molar-refractivity contribution in [2.45, 2.75) is 68.6 Å². The van der Waals surface area contributed by atoms with Gasteiger partial charge in [0.2, 0.25) is 5.76 Å². The number of benzene rings is 1. The molecule has 4 saturated heterocycles. The third-order valence-corrected chi connectivity index (χ3v) is 10.6. The number of fused-ring (bicyclic) bond motifs is 2. The predicted molar refractivity (Wildman–Crippen MR) is 124 cm³/mol. The van der Waals surface area contributed by atoms with E-state index < -0.39 is 18.3 Å². The summed E-state index contributed by atoms with van der Waals surface area (Å²) in [6.45, 7) is 2.69. The average Bonchev–Trinajstić information content (AvgIpc) is 3.47. The zero-order chi connectivity index (χ0) is 23.6. The highest BCUT2D eigenvalue weighted by molar-refractivity contribution is 5.86. The largest absolute Gasteiger partial charge is 0.463 e. The Morgan fingerprint density at radius 3 is 2.79 bits per heavy atom. The first-order chi connectivity index (χ1) is 16.4. The lowest BCUT2D eigenvalue weighted by molar-refractivity contribution is -1.05. The van der Waals surface area contributed by atoms with Crippen LogP contribution in [0.15, 0.2) is 40.8 Å². The summed E-state index contributed by atoms with van der Waals surface area (Å²) in [5, 5.41) is 24.1. The first-order valence-corrected chi connectivity index (χ1v) is 12.6. The molecule has 7 unspecified atom stereocenters. The lowest BCUT2D eigenvalue weighted by Gasteiger charge is -2.67. The third-order valence-electron chi connectivity index (χ3n) is 10.6. The van der Waals surface area contributed by atoms with E-state index in [4.69, 9.17) is 9.15 Å². The molecule has 1 spiro atoms. The Bertz CT molecular complexity index is 1180. The van der Waals surface area contributed by atoms with Gasteiger partial charge in [0.1, 0.15) is 12.6 Å². The number of aliphatic hydroxyl groups excluding tert-OH is 2. The maximum atomic E-state index is 12.1. The number of ether oxygens (including phenoxy) is 1. The maximum absolute atomic E-state index is 12.1. The van der Waals surface area contributed by atoms with E-state index in [2.05, 4.69) is 43.1 Å². The first kappa shape index (κ1) is 21.0. The number of esters is 1. The number of methoxy groups -OCH3 is 1. The number of para-hydroxylation sites is 1. The lowest BCUT2D eigenvalue weighted by Crippen LogP contribution is -2.82. The Morgan fingerprint density at radius 1 is 1.24 bits per heavy atom. The second kappa shape index (κ2) is 6.65. The fourth-order valence-electron chi connectivity index (χ4n) is 9.65. The van der Waals surface area contributed by atoms with Crippen molar-refractivity contribution in [2.75, 3.05) is 19.1 Å². The molecule has 5 fully saturated rings. The molecule has 5 bridgehead atoms. The molecule has 7 heteroatoms. The molecule has 10 atom stereocenters. The topological polar surface area (TPSA) is 83.1 Å². The Morgan fingerprint density at radius 2 is 2.03 bits per heavy atom. The number of hydrogen-bond donors (Lipinski definition) is 2. The fourth-order valence-corrected chi connectivity index (χ4v) is 9.65. The summed E-state index contributed by atoms with van der Waals surface area (Å²) in [6, 6.07) is 12.6. The molecule has 2 N–H and O–H groups in total. The van der Waals surface area contributed by atoms with E-state index in [0.29, 0.717) is 22.7 Å². The van der Waals surface area contributed by atoms with Gasteiger partial charge in [0.25, 0.3) is 0 Å².